The lowest BCUT2D eigenvalue weighted by molar-refractivity contribution is 0.623. The molecule has 0 spiro atoms. The van der Waals surface area contributed by atoms with Gasteiger partial charge in [0.15, 0.2) is 0 Å². The molecule has 0 heterocycles. The van der Waals surface area contributed by atoms with E-state index in [2.05, 4.69) is 0 Å². The van der Waals surface area contributed by atoms with Gasteiger partial charge in [-0.1, -0.05) is 35.9 Å². The van der Waals surface area contributed by atoms with Crippen LogP contribution in [0.3, 0.4) is 0 Å². The first kappa shape index (κ1) is 13.4. The Hall–Kier alpha value is -1.05. The predicted octanol–water partition coefficient (Wildman–Crippen LogP) is 5.04. The van der Waals surface area contributed by atoms with E-state index in [9.17, 15) is 4.39 Å². The third-order valence-corrected chi connectivity index (χ3v) is 3.49. The summed E-state index contributed by atoms with van der Waals surface area (Å²) in [5, 5.41) is 0.696. The molecule has 0 aromatic heterocycles. The van der Waals surface area contributed by atoms with Crippen LogP contribution >= 0.6 is 23.2 Å². The second-order valence-electron chi connectivity index (χ2n) is 4.24. The zero-order valence-electron chi connectivity index (χ0n) is 9.74. The maximum Gasteiger partial charge on any atom is 0.123 e. The van der Waals surface area contributed by atoms with Gasteiger partial charge in [0.25, 0.3) is 0 Å². The van der Waals surface area contributed by atoms with E-state index < -0.39 is 0 Å². The number of hydrogen-bond donors (Lipinski definition) is 0. The van der Waals surface area contributed by atoms with E-state index in [1.165, 1.54) is 6.07 Å². The molecule has 1 unspecified atom stereocenters. The molecule has 0 saturated heterocycles. The Morgan fingerprint density at radius 3 is 2.50 bits per heavy atom. The molecule has 0 aliphatic heterocycles. The van der Waals surface area contributed by atoms with Gasteiger partial charge in [-0.05, 0) is 41.8 Å². The fraction of sp³-hybridized carbons (Fsp3) is 0.200. The lowest BCUT2D eigenvalue weighted by atomic mass is 9.93. The summed E-state index contributed by atoms with van der Waals surface area (Å²) < 4.78 is 13.1. The highest BCUT2D eigenvalue weighted by atomic mass is 35.5. The summed E-state index contributed by atoms with van der Waals surface area (Å²) in [6.45, 7) is 0. The predicted molar refractivity (Wildman–Crippen MR) is 75.0 cm³/mol. The first-order valence-corrected chi connectivity index (χ1v) is 6.66. The molecule has 0 amide bonds. The fourth-order valence-corrected chi connectivity index (χ4v) is 2.46. The van der Waals surface area contributed by atoms with Crippen molar-refractivity contribution in [1.29, 1.82) is 0 Å². The Bertz CT molecular complexity index is 525. The fourth-order valence-electron chi connectivity index (χ4n) is 1.97. The minimum Gasteiger partial charge on any atom is -0.207 e. The molecular formula is C15H13Cl2F. The highest BCUT2D eigenvalue weighted by Gasteiger charge is 2.12. The van der Waals surface area contributed by atoms with Crippen molar-refractivity contribution in [2.45, 2.75) is 12.3 Å². The third-order valence-electron chi connectivity index (χ3n) is 2.88. The van der Waals surface area contributed by atoms with Crippen LogP contribution in [0.25, 0.3) is 0 Å². The maximum atomic E-state index is 13.1. The molecule has 0 nitrogen and oxygen atoms in total. The van der Waals surface area contributed by atoms with Gasteiger partial charge in [0, 0.05) is 16.8 Å². The van der Waals surface area contributed by atoms with Crippen LogP contribution in [0.5, 0.6) is 0 Å². The van der Waals surface area contributed by atoms with Gasteiger partial charge in [-0.25, -0.2) is 4.39 Å². The van der Waals surface area contributed by atoms with Gasteiger partial charge in [-0.15, -0.1) is 11.6 Å². The van der Waals surface area contributed by atoms with Crippen LogP contribution in [-0.2, 0) is 6.42 Å². The van der Waals surface area contributed by atoms with Crippen molar-refractivity contribution < 1.29 is 4.39 Å². The van der Waals surface area contributed by atoms with Crippen LogP contribution in [0.2, 0.25) is 5.02 Å². The smallest absolute Gasteiger partial charge is 0.123 e. The van der Waals surface area contributed by atoms with Gasteiger partial charge < -0.3 is 0 Å². The van der Waals surface area contributed by atoms with E-state index in [0.717, 1.165) is 11.1 Å². The summed E-state index contributed by atoms with van der Waals surface area (Å²) in [4.78, 5) is 0. The minimum absolute atomic E-state index is 0.146. The van der Waals surface area contributed by atoms with Crippen molar-refractivity contribution in [2.75, 3.05) is 5.88 Å². The van der Waals surface area contributed by atoms with Crippen LogP contribution in [-0.4, -0.2) is 5.88 Å². The molecule has 2 aromatic rings. The largest absolute Gasteiger partial charge is 0.207 e. The Balaban J connectivity index is 2.19. The van der Waals surface area contributed by atoms with Crippen LogP contribution < -0.4 is 0 Å². The molecule has 2 aromatic carbocycles. The molecule has 0 radical (unpaired) electrons. The van der Waals surface area contributed by atoms with Crippen molar-refractivity contribution in [3.05, 3.63) is 70.5 Å². The molecule has 0 aliphatic carbocycles. The lowest BCUT2D eigenvalue weighted by Crippen LogP contribution is -2.05. The summed E-state index contributed by atoms with van der Waals surface area (Å²) in [7, 11) is 0. The molecule has 1 atom stereocenters. The van der Waals surface area contributed by atoms with Crippen LogP contribution in [0, 0.1) is 5.82 Å². The zero-order valence-corrected chi connectivity index (χ0v) is 11.3. The first-order valence-electron chi connectivity index (χ1n) is 5.75. The highest BCUT2D eigenvalue weighted by Crippen LogP contribution is 2.25. The quantitative estimate of drug-likeness (QED) is 0.689. The SMILES string of the molecule is Fc1cccc(CC(CCl)c2cccc(Cl)c2)c1. The summed E-state index contributed by atoms with van der Waals surface area (Å²) in [5.41, 5.74) is 2.03. The van der Waals surface area contributed by atoms with Crippen molar-refractivity contribution in [1.82, 2.24) is 0 Å². The topological polar surface area (TPSA) is 0 Å². The van der Waals surface area contributed by atoms with Crippen molar-refractivity contribution in [2.24, 2.45) is 0 Å². The van der Waals surface area contributed by atoms with Crippen molar-refractivity contribution >= 4 is 23.2 Å². The first-order chi connectivity index (χ1) is 8.69. The second-order valence-corrected chi connectivity index (χ2v) is 4.99. The Kier molecular flexibility index (Phi) is 4.62. The lowest BCUT2D eigenvalue weighted by Gasteiger charge is -2.14. The number of halogens is 3. The van der Waals surface area contributed by atoms with E-state index in [-0.39, 0.29) is 11.7 Å². The van der Waals surface area contributed by atoms with Crippen LogP contribution in [0.1, 0.15) is 17.0 Å². The summed E-state index contributed by atoms with van der Waals surface area (Å²) >= 11 is 12.0. The molecule has 0 N–H and O–H groups in total. The summed E-state index contributed by atoms with van der Waals surface area (Å²) in [6.07, 6.45) is 0.710. The second kappa shape index (κ2) is 6.21. The molecule has 3 heteroatoms. The molecular weight excluding hydrogens is 270 g/mol. The Morgan fingerprint density at radius 2 is 1.83 bits per heavy atom. The maximum absolute atomic E-state index is 13.1. The van der Waals surface area contributed by atoms with E-state index in [0.29, 0.717) is 17.3 Å². The van der Waals surface area contributed by atoms with Crippen LogP contribution in [0.4, 0.5) is 4.39 Å². The van der Waals surface area contributed by atoms with Gasteiger partial charge in [0.1, 0.15) is 5.82 Å². The number of alkyl halides is 1. The van der Waals surface area contributed by atoms with Gasteiger partial charge in [0.05, 0.1) is 0 Å². The van der Waals surface area contributed by atoms with Crippen molar-refractivity contribution in [3.8, 4) is 0 Å². The summed E-state index contributed by atoms with van der Waals surface area (Å²) in [6, 6.07) is 14.3. The minimum atomic E-state index is -0.216. The molecule has 94 valence electrons. The molecule has 2 rings (SSSR count). The molecule has 0 bridgehead atoms. The van der Waals surface area contributed by atoms with E-state index in [4.69, 9.17) is 23.2 Å². The monoisotopic (exact) mass is 282 g/mol. The van der Waals surface area contributed by atoms with Gasteiger partial charge >= 0.3 is 0 Å². The molecule has 0 fully saturated rings. The molecule has 18 heavy (non-hydrogen) atoms. The van der Waals surface area contributed by atoms with E-state index in [1.54, 1.807) is 12.1 Å². The van der Waals surface area contributed by atoms with Gasteiger partial charge in [-0.2, -0.15) is 0 Å². The molecule has 0 saturated carbocycles. The van der Waals surface area contributed by atoms with Crippen molar-refractivity contribution in [3.63, 3.8) is 0 Å². The number of hydrogen-bond acceptors (Lipinski definition) is 0. The summed E-state index contributed by atoms with van der Waals surface area (Å²) in [5.74, 6) is 0.413. The van der Waals surface area contributed by atoms with E-state index in [1.807, 2.05) is 30.3 Å². The molecule has 0 aliphatic rings. The zero-order chi connectivity index (χ0) is 13.0. The van der Waals surface area contributed by atoms with Gasteiger partial charge in [-0.3, -0.25) is 0 Å². The standard InChI is InChI=1S/C15H13Cl2F/c16-10-13(12-4-2-5-14(17)9-12)7-11-3-1-6-15(18)8-11/h1-6,8-9,13H,7,10H2. The number of rotatable bonds is 4. The van der Waals surface area contributed by atoms with E-state index >= 15 is 0 Å². The number of benzene rings is 2. The Labute approximate surface area is 116 Å². The highest BCUT2D eigenvalue weighted by molar-refractivity contribution is 6.30. The van der Waals surface area contributed by atoms with Gasteiger partial charge in [0.2, 0.25) is 0 Å². The van der Waals surface area contributed by atoms with Crippen LogP contribution in [0.15, 0.2) is 48.5 Å². The Morgan fingerprint density at radius 1 is 1.06 bits per heavy atom. The average Bonchev–Trinajstić information content (AvgIpc) is 2.36. The third kappa shape index (κ3) is 3.47. The average molecular weight is 283 g/mol. The normalized spacial score (nSPS) is 12.4.